The average molecular weight is 408 g/mol. The van der Waals surface area contributed by atoms with Gasteiger partial charge < -0.3 is 4.74 Å². The summed E-state index contributed by atoms with van der Waals surface area (Å²) in [5, 5.41) is -0.995. The minimum absolute atomic E-state index is 0.0954. The number of alkyl halides is 3. The van der Waals surface area contributed by atoms with Crippen LogP contribution in [0, 0.1) is 6.92 Å². The Labute approximate surface area is 167 Å². The molecule has 150 valence electrons. The molecule has 0 bridgehead atoms. The predicted octanol–water partition coefficient (Wildman–Crippen LogP) is 6.60. The van der Waals surface area contributed by atoms with Crippen molar-refractivity contribution in [1.29, 1.82) is 0 Å². The van der Waals surface area contributed by atoms with E-state index < -0.39 is 23.5 Å². The molecule has 2 nitrogen and oxygen atoms in total. The zero-order valence-electron chi connectivity index (χ0n) is 16.0. The number of allylic oxidation sites excluding steroid dienone is 2. The summed E-state index contributed by atoms with van der Waals surface area (Å²) >= 11 is 1.07. The molecule has 0 radical (unpaired) electrons. The topological polar surface area (TPSA) is 26.3 Å². The average Bonchev–Trinajstić information content (AvgIpc) is 2.64. The molecule has 0 aliphatic rings. The lowest BCUT2D eigenvalue weighted by atomic mass is 10.1. The van der Waals surface area contributed by atoms with Crippen LogP contribution in [0.5, 0.6) is 0 Å². The molecular weight excluding hydrogens is 385 g/mol. The lowest BCUT2D eigenvalue weighted by molar-refractivity contribution is -0.203. The highest BCUT2D eigenvalue weighted by Crippen LogP contribution is 2.37. The van der Waals surface area contributed by atoms with Crippen LogP contribution < -0.4 is 0 Å². The second kappa shape index (κ2) is 9.82. The number of halogens is 3. The van der Waals surface area contributed by atoms with Crippen LogP contribution in [0.15, 0.2) is 71.1 Å². The minimum Gasteiger partial charge on any atom is -0.448 e. The molecule has 2 atom stereocenters. The summed E-state index contributed by atoms with van der Waals surface area (Å²) in [4.78, 5) is 13.0. The Morgan fingerprint density at radius 2 is 1.68 bits per heavy atom. The van der Waals surface area contributed by atoms with Crippen molar-refractivity contribution in [2.75, 3.05) is 0 Å². The first-order valence-corrected chi connectivity index (χ1v) is 9.74. The van der Waals surface area contributed by atoms with Crippen LogP contribution in [0.3, 0.4) is 0 Å². The lowest BCUT2D eigenvalue weighted by Crippen LogP contribution is -2.42. The van der Waals surface area contributed by atoms with Crippen LogP contribution in [0.4, 0.5) is 13.2 Å². The van der Waals surface area contributed by atoms with E-state index in [-0.39, 0.29) is 12.0 Å². The smallest absolute Gasteiger partial charge is 0.426 e. The van der Waals surface area contributed by atoms with E-state index in [1.807, 2.05) is 32.9 Å². The molecule has 2 aromatic carbocycles. The Morgan fingerprint density at radius 1 is 1.07 bits per heavy atom. The Hall–Kier alpha value is -2.21. The monoisotopic (exact) mass is 408 g/mol. The molecule has 0 aliphatic heterocycles. The second-order valence-corrected chi connectivity index (χ2v) is 8.03. The van der Waals surface area contributed by atoms with E-state index in [1.165, 1.54) is 12.1 Å². The quantitative estimate of drug-likeness (QED) is 0.293. The first-order valence-electron chi connectivity index (χ1n) is 8.86. The molecule has 0 N–H and O–H groups in total. The van der Waals surface area contributed by atoms with Crippen molar-refractivity contribution in [1.82, 2.24) is 0 Å². The van der Waals surface area contributed by atoms with Gasteiger partial charge in [0.2, 0.25) is 6.10 Å². The van der Waals surface area contributed by atoms with Gasteiger partial charge in [0.15, 0.2) is 0 Å². The maximum atomic E-state index is 13.8. The molecule has 2 rings (SSSR count). The van der Waals surface area contributed by atoms with Crippen LogP contribution in [-0.2, 0) is 4.74 Å². The number of ether oxygens (including phenoxy) is 1. The molecule has 2 aromatic rings. The highest BCUT2D eigenvalue weighted by atomic mass is 32.2. The van der Waals surface area contributed by atoms with Crippen molar-refractivity contribution in [2.24, 2.45) is 0 Å². The zero-order valence-corrected chi connectivity index (χ0v) is 16.8. The van der Waals surface area contributed by atoms with Crippen LogP contribution in [-0.4, -0.2) is 23.5 Å². The van der Waals surface area contributed by atoms with Crippen molar-refractivity contribution >= 4 is 17.7 Å². The van der Waals surface area contributed by atoms with Crippen LogP contribution >= 0.6 is 11.8 Å². The minimum atomic E-state index is -4.68. The van der Waals surface area contributed by atoms with Gasteiger partial charge in [0.05, 0.1) is 10.8 Å². The lowest BCUT2D eigenvalue weighted by Gasteiger charge is -2.28. The predicted molar refractivity (Wildman–Crippen MR) is 107 cm³/mol. The van der Waals surface area contributed by atoms with Crippen molar-refractivity contribution in [3.05, 3.63) is 77.4 Å². The molecule has 0 spiro atoms. The molecular formula is C22H23F3O2S. The van der Waals surface area contributed by atoms with Gasteiger partial charge in [0.25, 0.3) is 0 Å². The summed E-state index contributed by atoms with van der Waals surface area (Å²) < 4.78 is 46.5. The molecule has 0 saturated heterocycles. The van der Waals surface area contributed by atoms with E-state index in [4.69, 9.17) is 4.74 Å². The highest BCUT2D eigenvalue weighted by molar-refractivity contribution is 8.00. The molecule has 0 aliphatic carbocycles. The van der Waals surface area contributed by atoms with Crippen molar-refractivity contribution < 1.29 is 22.7 Å². The van der Waals surface area contributed by atoms with Crippen LogP contribution in [0.2, 0.25) is 0 Å². The molecule has 0 unspecified atom stereocenters. The summed E-state index contributed by atoms with van der Waals surface area (Å²) in [5.41, 5.74) is 2.02. The second-order valence-electron chi connectivity index (χ2n) is 6.72. The molecule has 0 heterocycles. The van der Waals surface area contributed by atoms with Crippen LogP contribution in [0.25, 0.3) is 0 Å². The Morgan fingerprint density at radius 3 is 2.21 bits per heavy atom. The van der Waals surface area contributed by atoms with Crippen molar-refractivity contribution in [2.45, 2.75) is 49.6 Å². The van der Waals surface area contributed by atoms with Gasteiger partial charge in [-0.25, -0.2) is 4.79 Å². The summed E-state index contributed by atoms with van der Waals surface area (Å²) in [7, 11) is 0. The summed E-state index contributed by atoms with van der Waals surface area (Å²) in [6, 6.07) is 15.0. The highest BCUT2D eigenvalue weighted by Gasteiger charge is 2.48. The van der Waals surface area contributed by atoms with E-state index in [0.717, 1.165) is 22.9 Å². The molecule has 0 saturated carbocycles. The first-order chi connectivity index (χ1) is 13.2. The number of aryl methyl sites for hydroxylation is 1. The molecule has 28 heavy (non-hydrogen) atoms. The SMILES string of the molecule is CC(C)=CC[C@@H](Sc1ccc(C)cc1)[C@@H](OC(=O)c1ccccc1)C(F)(F)F. The third kappa shape index (κ3) is 6.75. The normalized spacial score (nSPS) is 13.5. The number of benzene rings is 2. The van der Waals surface area contributed by atoms with E-state index in [1.54, 1.807) is 36.4 Å². The summed E-state index contributed by atoms with van der Waals surface area (Å²) in [6.45, 7) is 5.56. The number of hydrogen-bond acceptors (Lipinski definition) is 3. The van der Waals surface area contributed by atoms with Crippen molar-refractivity contribution in [3.8, 4) is 0 Å². The van der Waals surface area contributed by atoms with E-state index >= 15 is 0 Å². The molecule has 0 amide bonds. The van der Waals surface area contributed by atoms with E-state index in [2.05, 4.69) is 0 Å². The first kappa shape index (κ1) is 22.1. The van der Waals surface area contributed by atoms with Crippen LogP contribution in [0.1, 0.15) is 36.2 Å². The Kier molecular flexibility index (Phi) is 7.75. The van der Waals surface area contributed by atoms with E-state index in [0.29, 0.717) is 4.90 Å². The maximum absolute atomic E-state index is 13.8. The van der Waals surface area contributed by atoms with E-state index in [9.17, 15) is 18.0 Å². The number of hydrogen-bond donors (Lipinski definition) is 0. The number of esters is 1. The summed E-state index contributed by atoms with van der Waals surface area (Å²) in [5.74, 6) is -0.977. The number of thioether (sulfide) groups is 1. The third-order valence-electron chi connectivity index (χ3n) is 3.97. The zero-order chi connectivity index (χ0) is 20.7. The molecule has 0 fully saturated rings. The van der Waals surface area contributed by atoms with Gasteiger partial charge in [-0.15, -0.1) is 11.8 Å². The van der Waals surface area contributed by atoms with Gasteiger partial charge in [0, 0.05) is 4.90 Å². The molecule has 0 aromatic heterocycles. The Balaban J connectivity index is 2.30. The summed E-state index contributed by atoms with van der Waals surface area (Å²) in [6.07, 6.45) is -5.03. The van der Waals surface area contributed by atoms with Crippen molar-refractivity contribution in [3.63, 3.8) is 0 Å². The fourth-order valence-electron chi connectivity index (χ4n) is 2.49. The number of carbonyl (C=O) groups excluding carboxylic acids is 1. The van der Waals surface area contributed by atoms with Gasteiger partial charge in [-0.2, -0.15) is 13.2 Å². The Bertz CT molecular complexity index is 795. The number of carbonyl (C=O) groups is 1. The van der Waals surface area contributed by atoms with Gasteiger partial charge in [-0.05, 0) is 51.5 Å². The number of rotatable bonds is 7. The van der Waals surface area contributed by atoms with Gasteiger partial charge in [-0.3, -0.25) is 0 Å². The fourth-order valence-corrected chi connectivity index (χ4v) is 3.66. The fraction of sp³-hybridized carbons (Fsp3) is 0.318. The van der Waals surface area contributed by atoms with Gasteiger partial charge in [0.1, 0.15) is 0 Å². The maximum Gasteiger partial charge on any atom is 0.426 e. The largest absolute Gasteiger partial charge is 0.448 e. The third-order valence-corrected chi connectivity index (χ3v) is 5.26. The molecule has 6 heteroatoms. The standard InChI is InChI=1S/C22H23F3O2S/c1-15(2)9-14-19(28-18-12-10-16(3)11-13-18)20(22(23,24)25)27-21(26)17-7-5-4-6-8-17/h4-13,19-20H,14H2,1-3H3/t19-,20-/m1/s1. The van der Waals surface area contributed by atoms with Gasteiger partial charge in [-0.1, -0.05) is 47.5 Å². The van der Waals surface area contributed by atoms with Gasteiger partial charge >= 0.3 is 12.1 Å².